The van der Waals surface area contributed by atoms with Crippen LogP contribution in [0.5, 0.6) is 0 Å². The maximum Gasteiger partial charge on any atom is 0.182 e. The van der Waals surface area contributed by atoms with Crippen molar-refractivity contribution in [2.75, 3.05) is 0 Å². The third kappa shape index (κ3) is 2.00. The number of halogens is 1. The minimum atomic E-state index is 0.209. The smallest absolute Gasteiger partial charge is 0.182 e. The Kier molecular flexibility index (Phi) is 2.92. The molecule has 88 valence electrons. The normalized spacial score (nSPS) is 15.1. The van der Waals surface area contributed by atoms with Gasteiger partial charge in [-0.2, -0.15) is 0 Å². The molecule has 3 rings (SSSR count). The molecule has 2 heterocycles. The Morgan fingerprint density at radius 2 is 2.18 bits per heavy atom. The fourth-order valence-electron chi connectivity index (χ4n) is 1.94. The highest BCUT2D eigenvalue weighted by Gasteiger charge is 2.23. The summed E-state index contributed by atoms with van der Waals surface area (Å²) in [5.41, 5.74) is 0.721. The molecule has 0 aromatic carbocycles. The number of hydrogen-bond acceptors (Lipinski definition) is 4. The molecule has 0 fully saturated rings. The summed E-state index contributed by atoms with van der Waals surface area (Å²) in [6.07, 6.45) is 2.63. The summed E-state index contributed by atoms with van der Waals surface area (Å²) in [7, 11) is 0. The first-order chi connectivity index (χ1) is 8.15. The lowest BCUT2D eigenvalue weighted by Gasteiger charge is -2.06. The van der Waals surface area contributed by atoms with E-state index in [1.807, 2.05) is 0 Å². The van der Waals surface area contributed by atoms with Crippen LogP contribution in [-0.2, 0) is 6.42 Å². The Hall–Kier alpha value is -0.520. The highest BCUT2D eigenvalue weighted by Crippen LogP contribution is 2.38. The molecular formula is C12H10BrNOS2. The Balaban J connectivity index is 2.07. The van der Waals surface area contributed by atoms with Crippen molar-refractivity contribution >= 4 is 44.4 Å². The number of hydrogen-bond donors (Lipinski definition) is 0. The van der Waals surface area contributed by atoms with Crippen LogP contribution >= 0.6 is 38.6 Å². The third-order valence-corrected chi connectivity index (χ3v) is 6.26. The second kappa shape index (κ2) is 4.30. The highest BCUT2D eigenvalue weighted by atomic mass is 79.9. The van der Waals surface area contributed by atoms with E-state index in [1.54, 1.807) is 22.7 Å². The van der Waals surface area contributed by atoms with Crippen molar-refractivity contribution in [2.45, 2.75) is 26.2 Å². The molecule has 0 unspecified atom stereocenters. The molecule has 0 saturated heterocycles. The monoisotopic (exact) mass is 327 g/mol. The van der Waals surface area contributed by atoms with E-state index in [1.165, 1.54) is 9.75 Å². The predicted molar refractivity (Wildman–Crippen MR) is 75.1 cm³/mol. The molecule has 0 amide bonds. The first kappa shape index (κ1) is 11.6. The number of aryl methyl sites for hydroxylation is 2. The van der Waals surface area contributed by atoms with Crippen LogP contribution in [-0.4, -0.2) is 10.8 Å². The van der Waals surface area contributed by atoms with Gasteiger partial charge in [-0.25, -0.2) is 4.98 Å². The number of carbonyl (C=O) groups is 1. The van der Waals surface area contributed by atoms with Gasteiger partial charge in [-0.15, -0.1) is 22.7 Å². The SMILES string of the molecule is Cc1sc(-c2nc3c(s2)CCCC3=O)cc1Br. The lowest BCUT2D eigenvalue weighted by molar-refractivity contribution is 0.0968. The first-order valence-electron chi connectivity index (χ1n) is 5.44. The molecule has 2 aromatic rings. The maximum absolute atomic E-state index is 11.7. The van der Waals surface area contributed by atoms with Gasteiger partial charge < -0.3 is 0 Å². The summed E-state index contributed by atoms with van der Waals surface area (Å²) >= 11 is 6.91. The van der Waals surface area contributed by atoms with Crippen LogP contribution in [0.4, 0.5) is 0 Å². The largest absolute Gasteiger partial charge is 0.292 e. The fourth-order valence-corrected chi connectivity index (χ4v) is 4.64. The molecule has 1 aliphatic rings. The van der Waals surface area contributed by atoms with Gasteiger partial charge in [0.2, 0.25) is 0 Å². The fraction of sp³-hybridized carbons (Fsp3) is 0.333. The molecule has 0 aliphatic heterocycles. The van der Waals surface area contributed by atoms with E-state index in [9.17, 15) is 4.79 Å². The van der Waals surface area contributed by atoms with E-state index in [4.69, 9.17) is 0 Å². The van der Waals surface area contributed by atoms with Crippen molar-refractivity contribution in [3.8, 4) is 9.88 Å². The van der Waals surface area contributed by atoms with Gasteiger partial charge in [-0.3, -0.25) is 4.79 Å². The molecule has 0 atom stereocenters. The van der Waals surface area contributed by atoms with E-state index < -0.39 is 0 Å². The molecule has 2 aromatic heterocycles. The third-order valence-electron chi connectivity index (χ3n) is 2.84. The molecule has 5 heteroatoms. The van der Waals surface area contributed by atoms with Crippen LogP contribution in [0, 0.1) is 6.92 Å². The molecule has 0 saturated carbocycles. The lowest BCUT2D eigenvalue weighted by atomic mass is 10.0. The highest BCUT2D eigenvalue weighted by molar-refractivity contribution is 9.10. The minimum Gasteiger partial charge on any atom is -0.292 e. The number of fused-ring (bicyclic) bond motifs is 1. The molecule has 2 nitrogen and oxygen atoms in total. The van der Waals surface area contributed by atoms with Gasteiger partial charge >= 0.3 is 0 Å². The quantitative estimate of drug-likeness (QED) is 0.773. The number of aromatic nitrogens is 1. The van der Waals surface area contributed by atoms with Gasteiger partial charge in [-0.1, -0.05) is 0 Å². The number of thiazole rings is 1. The average Bonchev–Trinajstić information content (AvgIpc) is 2.85. The summed E-state index contributed by atoms with van der Waals surface area (Å²) < 4.78 is 1.12. The summed E-state index contributed by atoms with van der Waals surface area (Å²) in [6, 6.07) is 2.09. The number of nitrogens with zero attached hydrogens (tertiary/aromatic N) is 1. The molecule has 0 spiro atoms. The molecule has 1 aliphatic carbocycles. The van der Waals surface area contributed by atoms with Crippen molar-refractivity contribution in [1.29, 1.82) is 0 Å². The number of rotatable bonds is 1. The number of Topliss-reactive ketones (excluding diaryl/α,β-unsaturated/α-hetero) is 1. The van der Waals surface area contributed by atoms with Crippen LogP contribution < -0.4 is 0 Å². The molecule has 0 N–H and O–H groups in total. The van der Waals surface area contributed by atoms with E-state index in [2.05, 4.69) is 33.9 Å². The number of carbonyl (C=O) groups excluding carboxylic acids is 1. The van der Waals surface area contributed by atoms with Gasteiger partial charge in [0.05, 0.1) is 4.88 Å². The molecule has 17 heavy (non-hydrogen) atoms. The topological polar surface area (TPSA) is 30.0 Å². The van der Waals surface area contributed by atoms with Crippen LogP contribution in [0.25, 0.3) is 9.88 Å². The zero-order chi connectivity index (χ0) is 12.0. The summed E-state index contributed by atoms with van der Waals surface area (Å²) in [6.45, 7) is 2.08. The Labute approximate surface area is 116 Å². The van der Waals surface area contributed by atoms with E-state index in [-0.39, 0.29) is 5.78 Å². The van der Waals surface area contributed by atoms with E-state index >= 15 is 0 Å². The van der Waals surface area contributed by atoms with Crippen LogP contribution in [0.2, 0.25) is 0 Å². The second-order valence-electron chi connectivity index (χ2n) is 4.08. The maximum atomic E-state index is 11.7. The summed E-state index contributed by atoms with van der Waals surface area (Å²) in [4.78, 5) is 19.8. The molecular weight excluding hydrogens is 318 g/mol. The number of thiophene rings is 1. The van der Waals surface area contributed by atoms with Crippen molar-refractivity contribution in [2.24, 2.45) is 0 Å². The van der Waals surface area contributed by atoms with Gasteiger partial charge in [0, 0.05) is 20.6 Å². The second-order valence-corrected chi connectivity index (χ2v) is 7.28. The lowest BCUT2D eigenvalue weighted by Crippen LogP contribution is -2.08. The van der Waals surface area contributed by atoms with E-state index in [0.717, 1.165) is 32.9 Å². The minimum absolute atomic E-state index is 0.209. The van der Waals surface area contributed by atoms with Gasteiger partial charge in [0.15, 0.2) is 5.78 Å². The van der Waals surface area contributed by atoms with Gasteiger partial charge in [0.25, 0.3) is 0 Å². The Morgan fingerprint density at radius 3 is 2.82 bits per heavy atom. The Morgan fingerprint density at radius 1 is 1.35 bits per heavy atom. The summed E-state index contributed by atoms with van der Waals surface area (Å²) in [5, 5.41) is 0.990. The zero-order valence-electron chi connectivity index (χ0n) is 9.25. The van der Waals surface area contributed by atoms with Crippen molar-refractivity contribution < 1.29 is 4.79 Å². The van der Waals surface area contributed by atoms with Crippen molar-refractivity contribution in [3.63, 3.8) is 0 Å². The van der Waals surface area contributed by atoms with E-state index in [0.29, 0.717) is 6.42 Å². The molecule has 0 radical (unpaired) electrons. The Bertz CT molecular complexity index is 580. The van der Waals surface area contributed by atoms with Gasteiger partial charge in [-0.05, 0) is 41.8 Å². The zero-order valence-corrected chi connectivity index (χ0v) is 12.5. The predicted octanol–water partition coefficient (Wildman–Crippen LogP) is 4.46. The van der Waals surface area contributed by atoms with Crippen molar-refractivity contribution in [3.05, 3.63) is 26.0 Å². The van der Waals surface area contributed by atoms with Gasteiger partial charge in [0.1, 0.15) is 10.7 Å². The van der Waals surface area contributed by atoms with Crippen molar-refractivity contribution in [1.82, 2.24) is 4.98 Å². The molecule has 0 bridgehead atoms. The van der Waals surface area contributed by atoms with Crippen LogP contribution in [0.1, 0.15) is 33.1 Å². The van der Waals surface area contributed by atoms with Crippen LogP contribution in [0.3, 0.4) is 0 Å². The average molecular weight is 328 g/mol. The first-order valence-corrected chi connectivity index (χ1v) is 7.87. The summed E-state index contributed by atoms with van der Waals surface area (Å²) in [5.74, 6) is 0.209. The number of ketones is 1. The standard InChI is InChI=1S/C12H10BrNOS2/c1-6-7(13)5-10(16-6)12-14-11-8(15)3-2-4-9(11)17-12/h5H,2-4H2,1H3. The van der Waals surface area contributed by atoms with Crippen LogP contribution in [0.15, 0.2) is 10.5 Å².